The Hall–Kier alpha value is -1.64. The lowest BCUT2D eigenvalue weighted by atomic mass is 9.66. The van der Waals surface area contributed by atoms with Crippen LogP contribution in [0, 0.1) is 5.41 Å². The Balaban J connectivity index is 1.99. The summed E-state index contributed by atoms with van der Waals surface area (Å²) in [5, 5.41) is 7.66. The zero-order valence-electron chi connectivity index (χ0n) is 11.6. The molecule has 1 aromatic carbocycles. The van der Waals surface area contributed by atoms with Gasteiger partial charge < -0.3 is 11.1 Å². The van der Waals surface area contributed by atoms with E-state index in [1.54, 1.807) is 18.2 Å². The average molecular weight is 312 g/mol. The molecule has 0 aliphatic heterocycles. The fraction of sp³-hybridized carbons (Fsp3) is 0.462. The van der Waals surface area contributed by atoms with Gasteiger partial charge in [-0.15, -0.1) is 0 Å². The molecule has 0 saturated heterocycles. The molecule has 0 heterocycles. The van der Waals surface area contributed by atoms with Gasteiger partial charge in [0, 0.05) is 12.1 Å². The third kappa shape index (κ3) is 4.42. The molecule has 2 rings (SSSR count). The lowest BCUT2D eigenvalue weighted by Gasteiger charge is -2.40. The fourth-order valence-electron chi connectivity index (χ4n) is 2.50. The Morgan fingerprint density at radius 1 is 1.29 bits per heavy atom. The van der Waals surface area contributed by atoms with Gasteiger partial charge in [0.1, 0.15) is 0 Å². The molecule has 0 unspecified atom stereocenters. The van der Waals surface area contributed by atoms with Crippen molar-refractivity contribution in [1.29, 1.82) is 0 Å². The molecular weight excluding hydrogens is 292 g/mol. The van der Waals surface area contributed by atoms with Gasteiger partial charge in [0.25, 0.3) is 10.2 Å². The van der Waals surface area contributed by atoms with Crippen molar-refractivity contribution in [1.82, 2.24) is 0 Å². The zero-order chi connectivity index (χ0) is 15.5. The van der Waals surface area contributed by atoms with E-state index in [-0.39, 0.29) is 11.3 Å². The maximum Gasteiger partial charge on any atom is 0.296 e. The van der Waals surface area contributed by atoms with Crippen LogP contribution in [-0.2, 0) is 15.0 Å². The topological polar surface area (TPSA) is 127 Å². The number of carbonyl (C=O) groups is 1. The second kappa shape index (κ2) is 6.00. The number of rotatable bonds is 6. The largest absolute Gasteiger partial charge is 0.330 e. The van der Waals surface area contributed by atoms with Crippen molar-refractivity contribution in [3.8, 4) is 0 Å². The van der Waals surface area contributed by atoms with E-state index in [9.17, 15) is 13.2 Å². The molecule has 1 fully saturated rings. The predicted octanol–water partition coefficient (Wildman–Crippen LogP) is 0.760. The monoisotopic (exact) mass is 312 g/mol. The van der Waals surface area contributed by atoms with E-state index in [0.717, 1.165) is 19.3 Å². The summed E-state index contributed by atoms with van der Waals surface area (Å²) in [5.74, 6) is -0.118. The highest BCUT2D eigenvalue weighted by molar-refractivity contribution is 7.90. The normalized spacial score (nSPS) is 16.9. The number of nitrogens with one attached hydrogen (secondary N) is 2. The first-order valence-electron chi connectivity index (χ1n) is 6.72. The first-order valence-corrected chi connectivity index (χ1v) is 8.27. The predicted molar refractivity (Wildman–Crippen MR) is 81.8 cm³/mol. The molecule has 0 radical (unpaired) electrons. The van der Waals surface area contributed by atoms with Crippen LogP contribution in [0.5, 0.6) is 0 Å². The van der Waals surface area contributed by atoms with Gasteiger partial charge in [-0.1, -0.05) is 12.5 Å². The Kier molecular flexibility index (Phi) is 4.50. The second-order valence-electron chi connectivity index (χ2n) is 5.51. The summed E-state index contributed by atoms with van der Waals surface area (Å²) in [4.78, 5) is 12.0. The molecule has 0 bridgehead atoms. The van der Waals surface area contributed by atoms with Crippen LogP contribution in [-0.4, -0.2) is 20.9 Å². The number of carbonyl (C=O) groups excluding carboxylic acids is 1. The first kappa shape index (κ1) is 15.7. The summed E-state index contributed by atoms with van der Waals surface area (Å²) in [7, 11) is -3.83. The summed E-state index contributed by atoms with van der Waals surface area (Å²) in [5.41, 5.74) is 6.48. The van der Waals surface area contributed by atoms with Crippen LogP contribution in [0.15, 0.2) is 24.3 Å². The van der Waals surface area contributed by atoms with Crippen molar-refractivity contribution < 1.29 is 13.2 Å². The van der Waals surface area contributed by atoms with E-state index in [0.29, 0.717) is 24.3 Å². The van der Waals surface area contributed by atoms with Gasteiger partial charge in [0.2, 0.25) is 5.91 Å². The molecule has 21 heavy (non-hydrogen) atoms. The number of anilines is 2. The van der Waals surface area contributed by atoms with E-state index in [2.05, 4.69) is 10.0 Å². The molecule has 8 heteroatoms. The van der Waals surface area contributed by atoms with Crippen molar-refractivity contribution in [3.63, 3.8) is 0 Å². The third-order valence-corrected chi connectivity index (χ3v) is 4.31. The smallest absolute Gasteiger partial charge is 0.296 e. The van der Waals surface area contributed by atoms with Gasteiger partial charge in [-0.3, -0.25) is 9.52 Å². The maximum absolute atomic E-state index is 12.0. The van der Waals surface area contributed by atoms with Crippen LogP contribution < -0.4 is 20.9 Å². The number of amides is 1. The van der Waals surface area contributed by atoms with Crippen molar-refractivity contribution in [3.05, 3.63) is 24.3 Å². The molecule has 1 aliphatic carbocycles. The highest BCUT2D eigenvalue weighted by atomic mass is 32.2. The van der Waals surface area contributed by atoms with Crippen LogP contribution in [0.25, 0.3) is 0 Å². The lowest BCUT2D eigenvalue weighted by molar-refractivity contribution is -0.119. The molecule has 0 spiro atoms. The SMILES string of the molecule is NCC1(CC(=O)Nc2cccc(NS(N)(=O)=O)c2)CCC1. The minimum absolute atomic E-state index is 0.0689. The molecule has 0 atom stereocenters. The molecule has 1 amide bonds. The Labute approximate surface area is 124 Å². The van der Waals surface area contributed by atoms with Crippen molar-refractivity contribution in [2.75, 3.05) is 16.6 Å². The molecule has 6 N–H and O–H groups in total. The second-order valence-corrected chi connectivity index (χ2v) is 6.80. The van der Waals surface area contributed by atoms with E-state index in [1.165, 1.54) is 6.07 Å². The van der Waals surface area contributed by atoms with Gasteiger partial charge in [-0.2, -0.15) is 8.42 Å². The highest BCUT2D eigenvalue weighted by Gasteiger charge is 2.37. The number of hydrogen-bond acceptors (Lipinski definition) is 4. The van der Waals surface area contributed by atoms with E-state index < -0.39 is 10.2 Å². The van der Waals surface area contributed by atoms with E-state index >= 15 is 0 Å². The van der Waals surface area contributed by atoms with Crippen LogP contribution in [0.3, 0.4) is 0 Å². The molecular formula is C13H20N4O3S. The fourth-order valence-corrected chi connectivity index (χ4v) is 2.96. The molecule has 116 valence electrons. The summed E-state index contributed by atoms with van der Waals surface area (Å²) < 4.78 is 24.1. The van der Waals surface area contributed by atoms with Crippen LogP contribution in [0.2, 0.25) is 0 Å². The standard InChI is InChI=1S/C13H20N4O3S/c14-9-13(5-2-6-13)8-12(18)16-10-3-1-4-11(7-10)17-21(15,19)20/h1,3-4,7,17H,2,5-6,8-9,14H2,(H,16,18)(H2,15,19,20). The van der Waals surface area contributed by atoms with Crippen LogP contribution in [0.1, 0.15) is 25.7 Å². The quantitative estimate of drug-likeness (QED) is 0.618. The van der Waals surface area contributed by atoms with Gasteiger partial charge in [-0.05, 0) is 43.0 Å². The van der Waals surface area contributed by atoms with Gasteiger partial charge in [-0.25, -0.2) is 5.14 Å². The number of hydrogen-bond donors (Lipinski definition) is 4. The highest BCUT2D eigenvalue weighted by Crippen LogP contribution is 2.43. The van der Waals surface area contributed by atoms with Gasteiger partial charge >= 0.3 is 0 Å². The Morgan fingerprint density at radius 3 is 2.48 bits per heavy atom. The van der Waals surface area contributed by atoms with Crippen molar-refractivity contribution in [2.45, 2.75) is 25.7 Å². The van der Waals surface area contributed by atoms with Crippen LogP contribution in [0.4, 0.5) is 11.4 Å². The molecule has 7 nitrogen and oxygen atoms in total. The third-order valence-electron chi connectivity index (χ3n) is 3.79. The first-order chi connectivity index (χ1) is 9.82. The minimum Gasteiger partial charge on any atom is -0.330 e. The Morgan fingerprint density at radius 2 is 1.95 bits per heavy atom. The van der Waals surface area contributed by atoms with Crippen LogP contribution >= 0.6 is 0 Å². The van der Waals surface area contributed by atoms with Crippen molar-refractivity contribution >= 4 is 27.5 Å². The summed E-state index contributed by atoms with van der Waals surface area (Å²) in [6.45, 7) is 0.507. The molecule has 1 aromatic rings. The van der Waals surface area contributed by atoms with Crippen molar-refractivity contribution in [2.24, 2.45) is 16.3 Å². The molecule has 1 aliphatic rings. The van der Waals surface area contributed by atoms with E-state index in [4.69, 9.17) is 10.9 Å². The summed E-state index contributed by atoms with van der Waals surface area (Å²) in [6.07, 6.45) is 3.45. The van der Waals surface area contributed by atoms with Gasteiger partial charge in [0.15, 0.2) is 0 Å². The minimum atomic E-state index is -3.83. The zero-order valence-corrected chi connectivity index (χ0v) is 12.4. The number of benzene rings is 1. The average Bonchev–Trinajstić information content (AvgIpc) is 2.32. The maximum atomic E-state index is 12.0. The number of nitrogens with two attached hydrogens (primary N) is 2. The molecule has 1 saturated carbocycles. The summed E-state index contributed by atoms with van der Waals surface area (Å²) >= 11 is 0. The lowest BCUT2D eigenvalue weighted by Crippen LogP contribution is -2.40. The van der Waals surface area contributed by atoms with Gasteiger partial charge in [0.05, 0.1) is 5.69 Å². The Bertz CT molecular complexity index is 621. The summed E-state index contributed by atoms with van der Waals surface area (Å²) in [6, 6.07) is 6.37. The molecule has 0 aromatic heterocycles. The van der Waals surface area contributed by atoms with E-state index in [1.807, 2.05) is 0 Å².